The molecule has 0 aliphatic carbocycles. The van der Waals surface area contributed by atoms with Crippen LogP contribution < -0.4 is 5.32 Å². The number of rotatable bonds is 5. The second kappa shape index (κ2) is 11.3. The van der Waals surface area contributed by atoms with Gasteiger partial charge in [0.25, 0.3) is 0 Å². The van der Waals surface area contributed by atoms with Crippen LogP contribution in [0.1, 0.15) is 16.0 Å². The number of morpholine rings is 1. The summed E-state index contributed by atoms with van der Waals surface area (Å²) in [4.78, 5) is 13.7. The van der Waals surface area contributed by atoms with Crippen molar-refractivity contribution in [1.82, 2.24) is 20.0 Å². The zero-order chi connectivity index (χ0) is 21.0. The van der Waals surface area contributed by atoms with Crippen LogP contribution >= 0.6 is 35.3 Å². The summed E-state index contributed by atoms with van der Waals surface area (Å²) >= 11 is 1.90. The summed E-state index contributed by atoms with van der Waals surface area (Å²) in [6.07, 6.45) is 1.45. The Hall–Kier alpha value is -1.20. The summed E-state index contributed by atoms with van der Waals surface area (Å²) in [6.45, 7) is 8.89. The van der Waals surface area contributed by atoms with Gasteiger partial charge in [0, 0.05) is 64.3 Å². The first kappa shape index (κ1) is 23.9. The summed E-state index contributed by atoms with van der Waals surface area (Å²) in [7, 11) is 1.89. The number of aliphatic imine (C=N–C) groups is 1. The van der Waals surface area contributed by atoms with Crippen LogP contribution in [0, 0.1) is 0 Å². The van der Waals surface area contributed by atoms with Gasteiger partial charge in [0.2, 0.25) is 0 Å². The predicted octanol–water partition coefficient (Wildman–Crippen LogP) is 2.88. The molecule has 0 saturated carbocycles. The molecule has 1 aromatic carbocycles. The van der Waals surface area contributed by atoms with Crippen LogP contribution in [-0.2, 0) is 24.2 Å². The number of fused-ring (bicyclic) bond motifs is 2. The predicted molar refractivity (Wildman–Crippen MR) is 142 cm³/mol. The van der Waals surface area contributed by atoms with Crippen molar-refractivity contribution in [3.8, 4) is 0 Å². The largest absolute Gasteiger partial charge is 0.373 e. The number of hydrogen-bond donors (Lipinski definition) is 1. The van der Waals surface area contributed by atoms with Crippen LogP contribution in [0.15, 0.2) is 46.8 Å². The Bertz CT molecular complexity index is 892. The van der Waals surface area contributed by atoms with E-state index < -0.39 is 0 Å². The van der Waals surface area contributed by atoms with Crippen molar-refractivity contribution in [2.24, 2.45) is 4.99 Å². The Morgan fingerprint density at radius 3 is 2.91 bits per heavy atom. The maximum absolute atomic E-state index is 6.15. The van der Waals surface area contributed by atoms with Crippen LogP contribution in [0.4, 0.5) is 0 Å². The molecule has 174 valence electrons. The monoisotopic (exact) mass is 567 g/mol. The number of likely N-dealkylation sites (tertiary alicyclic amines) is 1. The van der Waals surface area contributed by atoms with Crippen molar-refractivity contribution in [2.45, 2.75) is 31.7 Å². The third kappa shape index (κ3) is 5.47. The van der Waals surface area contributed by atoms with E-state index in [2.05, 4.69) is 66.8 Å². The Balaban J connectivity index is 0.00000245. The quantitative estimate of drug-likeness (QED) is 0.342. The molecule has 2 saturated heterocycles. The third-order valence-corrected chi connectivity index (χ3v) is 7.78. The molecule has 32 heavy (non-hydrogen) atoms. The maximum Gasteiger partial charge on any atom is 0.193 e. The first-order valence-corrected chi connectivity index (χ1v) is 12.3. The highest BCUT2D eigenvalue weighted by Crippen LogP contribution is 2.25. The molecule has 1 N–H and O–H groups in total. The van der Waals surface area contributed by atoms with E-state index in [1.54, 1.807) is 4.88 Å². The lowest BCUT2D eigenvalue weighted by Gasteiger charge is -2.36. The van der Waals surface area contributed by atoms with Crippen LogP contribution in [-0.4, -0.2) is 85.7 Å². The lowest BCUT2D eigenvalue weighted by atomic mass is 10.1. The maximum atomic E-state index is 6.15. The molecule has 4 heterocycles. The Kier molecular flexibility index (Phi) is 8.44. The molecule has 0 amide bonds. The SMILES string of the molecule is CN=C(NCCN1CCc2sccc2C1)N1CC2OCCN(Cc3ccccc3)C2C1.I. The van der Waals surface area contributed by atoms with Gasteiger partial charge in [-0.3, -0.25) is 14.8 Å². The summed E-state index contributed by atoms with van der Waals surface area (Å²) in [6, 6.07) is 13.5. The van der Waals surface area contributed by atoms with Gasteiger partial charge >= 0.3 is 0 Å². The molecule has 5 rings (SSSR count). The number of benzene rings is 1. The standard InChI is InChI=1S/C24H33N5OS.HI/c1-25-24(26-9-11-27-10-7-23-20(16-27)8-14-31-23)29-17-21-22(18-29)30-13-12-28(21)15-19-5-3-2-4-6-19;/h2-6,8,14,21-22H,7,9-13,15-18H2,1H3,(H,25,26);1H. The Morgan fingerprint density at radius 1 is 1.19 bits per heavy atom. The fourth-order valence-corrected chi connectivity index (χ4v) is 5.99. The van der Waals surface area contributed by atoms with Crippen LogP contribution in [0.3, 0.4) is 0 Å². The van der Waals surface area contributed by atoms with Crippen molar-refractivity contribution in [1.29, 1.82) is 0 Å². The number of thiophene rings is 1. The lowest BCUT2D eigenvalue weighted by molar-refractivity contribution is -0.0502. The third-order valence-electron chi connectivity index (χ3n) is 6.75. The first-order chi connectivity index (χ1) is 15.3. The number of nitrogens with one attached hydrogen (secondary N) is 1. The summed E-state index contributed by atoms with van der Waals surface area (Å²) in [5, 5.41) is 5.84. The van der Waals surface area contributed by atoms with Crippen LogP contribution in [0.5, 0.6) is 0 Å². The van der Waals surface area contributed by atoms with Gasteiger partial charge in [-0.15, -0.1) is 35.3 Å². The molecule has 0 spiro atoms. The molecular weight excluding hydrogens is 533 g/mol. The van der Waals surface area contributed by atoms with E-state index in [0.29, 0.717) is 6.04 Å². The van der Waals surface area contributed by atoms with Gasteiger partial charge in [0.1, 0.15) is 0 Å². The van der Waals surface area contributed by atoms with Gasteiger partial charge in [-0.05, 0) is 29.0 Å². The normalized spacial score (nSPS) is 24.0. The summed E-state index contributed by atoms with van der Waals surface area (Å²) in [5.74, 6) is 1.01. The molecular formula is C24H34IN5OS. The van der Waals surface area contributed by atoms with Crippen molar-refractivity contribution < 1.29 is 4.74 Å². The van der Waals surface area contributed by atoms with Crippen LogP contribution in [0.2, 0.25) is 0 Å². The molecule has 0 radical (unpaired) electrons. The first-order valence-electron chi connectivity index (χ1n) is 11.4. The van der Waals surface area contributed by atoms with Gasteiger partial charge in [0.15, 0.2) is 5.96 Å². The fraction of sp³-hybridized carbons (Fsp3) is 0.542. The average Bonchev–Trinajstić information content (AvgIpc) is 3.44. The highest BCUT2D eigenvalue weighted by atomic mass is 127. The molecule has 2 aromatic rings. The highest BCUT2D eigenvalue weighted by molar-refractivity contribution is 14.0. The van der Waals surface area contributed by atoms with E-state index >= 15 is 0 Å². The number of ether oxygens (including phenoxy) is 1. The van der Waals surface area contributed by atoms with Gasteiger partial charge in [0.05, 0.1) is 18.8 Å². The zero-order valence-electron chi connectivity index (χ0n) is 18.8. The number of guanidine groups is 1. The van der Waals surface area contributed by atoms with Crippen molar-refractivity contribution in [3.05, 3.63) is 57.8 Å². The molecule has 2 atom stereocenters. The molecule has 3 aliphatic rings. The minimum Gasteiger partial charge on any atom is -0.373 e. The molecule has 0 bridgehead atoms. The number of halogens is 1. The minimum absolute atomic E-state index is 0. The second-order valence-electron chi connectivity index (χ2n) is 8.71. The summed E-state index contributed by atoms with van der Waals surface area (Å²) < 4.78 is 6.15. The molecule has 2 unspecified atom stereocenters. The zero-order valence-corrected chi connectivity index (χ0v) is 21.9. The van der Waals surface area contributed by atoms with Crippen molar-refractivity contribution >= 4 is 41.3 Å². The van der Waals surface area contributed by atoms with Crippen molar-refractivity contribution in [2.75, 3.05) is 52.9 Å². The van der Waals surface area contributed by atoms with E-state index in [4.69, 9.17) is 4.74 Å². The molecule has 6 nitrogen and oxygen atoms in total. The van der Waals surface area contributed by atoms with E-state index in [1.807, 2.05) is 18.4 Å². The van der Waals surface area contributed by atoms with Gasteiger partial charge in [-0.1, -0.05) is 30.3 Å². The van der Waals surface area contributed by atoms with Gasteiger partial charge in [-0.25, -0.2) is 0 Å². The van der Waals surface area contributed by atoms with Gasteiger partial charge in [-0.2, -0.15) is 0 Å². The molecule has 3 aliphatic heterocycles. The molecule has 2 fully saturated rings. The Labute approximate surface area is 212 Å². The summed E-state index contributed by atoms with van der Waals surface area (Å²) in [5.41, 5.74) is 2.89. The van der Waals surface area contributed by atoms with E-state index in [0.717, 1.165) is 64.9 Å². The van der Waals surface area contributed by atoms with Crippen LogP contribution in [0.25, 0.3) is 0 Å². The average molecular weight is 568 g/mol. The van der Waals surface area contributed by atoms with E-state index in [1.165, 1.54) is 17.5 Å². The Morgan fingerprint density at radius 2 is 2.06 bits per heavy atom. The van der Waals surface area contributed by atoms with E-state index in [-0.39, 0.29) is 30.1 Å². The molecule has 1 aromatic heterocycles. The topological polar surface area (TPSA) is 43.3 Å². The second-order valence-corrected chi connectivity index (χ2v) is 9.71. The minimum atomic E-state index is 0. The highest BCUT2D eigenvalue weighted by Gasteiger charge is 2.41. The lowest BCUT2D eigenvalue weighted by Crippen LogP contribution is -2.50. The van der Waals surface area contributed by atoms with Crippen molar-refractivity contribution in [3.63, 3.8) is 0 Å². The van der Waals surface area contributed by atoms with Gasteiger partial charge < -0.3 is 15.0 Å². The number of nitrogens with zero attached hydrogens (tertiary/aromatic N) is 4. The van der Waals surface area contributed by atoms with E-state index in [9.17, 15) is 0 Å². The fourth-order valence-electron chi connectivity index (χ4n) is 5.10. The molecule has 8 heteroatoms. The number of hydrogen-bond acceptors (Lipinski definition) is 5. The smallest absolute Gasteiger partial charge is 0.193 e.